The quantitative estimate of drug-likeness (QED) is 0.710. The van der Waals surface area contributed by atoms with Crippen LogP contribution >= 0.6 is 11.6 Å². The molecule has 0 aliphatic carbocycles. The lowest BCUT2D eigenvalue weighted by Crippen LogP contribution is -2.20. The fourth-order valence-corrected chi connectivity index (χ4v) is 2.68. The van der Waals surface area contributed by atoms with Crippen LogP contribution in [0, 0.1) is 6.92 Å². The highest BCUT2D eigenvalue weighted by Gasteiger charge is 2.13. The number of rotatable bonds is 4. The van der Waals surface area contributed by atoms with E-state index in [0.29, 0.717) is 38.8 Å². The molecule has 7 nitrogen and oxygen atoms in total. The standard InChI is InChI=1S/C18H16ClN3O4/c1-10-21-14-8-17(26-3)16(25-2)7-13(14)18(24)22(10)20-9-11-6-12(19)4-5-15(11)23/h4-9,23H,1-3H3. The molecule has 134 valence electrons. The van der Waals surface area contributed by atoms with Gasteiger partial charge in [0, 0.05) is 16.7 Å². The predicted molar refractivity (Wildman–Crippen MR) is 100.0 cm³/mol. The monoisotopic (exact) mass is 373 g/mol. The molecule has 1 aromatic heterocycles. The first-order chi connectivity index (χ1) is 12.4. The number of halogens is 1. The van der Waals surface area contributed by atoms with Gasteiger partial charge in [-0.3, -0.25) is 4.79 Å². The highest BCUT2D eigenvalue weighted by molar-refractivity contribution is 6.30. The zero-order chi connectivity index (χ0) is 18.8. The van der Waals surface area contributed by atoms with Crippen LogP contribution in [0.2, 0.25) is 5.02 Å². The van der Waals surface area contributed by atoms with Gasteiger partial charge in [0.25, 0.3) is 5.56 Å². The van der Waals surface area contributed by atoms with Gasteiger partial charge in [0.05, 0.1) is 31.3 Å². The van der Waals surface area contributed by atoms with Crippen molar-refractivity contribution in [3.8, 4) is 17.2 Å². The van der Waals surface area contributed by atoms with Crippen molar-refractivity contribution in [2.75, 3.05) is 14.2 Å². The highest BCUT2D eigenvalue weighted by atomic mass is 35.5. The molecule has 0 unspecified atom stereocenters. The van der Waals surface area contributed by atoms with Gasteiger partial charge in [-0.05, 0) is 31.2 Å². The number of aryl methyl sites for hydroxylation is 1. The molecule has 0 spiro atoms. The Morgan fingerprint density at radius 3 is 2.58 bits per heavy atom. The maximum absolute atomic E-state index is 12.8. The molecule has 0 aliphatic heterocycles. The molecule has 3 aromatic rings. The number of hydrogen-bond acceptors (Lipinski definition) is 6. The van der Waals surface area contributed by atoms with Gasteiger partial charge in [-0.2, -0.15) is 9.78 Å². The van der Waals surface area contributed by atoms with E-state index >= 15 is 0 Å². The molecule has 8 heteroatoms. The summed E-state index contributed by atoms with van der Waals surface area (Å²) in [5, 5.41) is 14.8. The molecular formula is C18H16ClN3O4. The summed E-state index contributed by atoms with van der Waals surface area (Å²) in [6.07, 6.45) is 1.35. The molecule has 0 amide bonds. The topological polar surface area (TPSA) is 85.9 Å². The van der Waals surface area contributed by atoms with E-state index in [1.807, 2.05) is 0 Å². The van der Waals surface area contributed by atoms with E-state index in [9.17, 15) is 9.90 Å². The molecule has 2 aromatic carbocycles. The lowest BCUT2D eigenvalue weighted by Gasteiger charge is -2.10. The van der Waals surface area contributed by atoms with Crippen LogP contribution in [0.4, 0.5) is 0 Å². The molecule has 1 N–H and O–H groups in total. The van der Waals surface area contributed by atoms with Crippen LogP contribution < -0.4 is 15.0 Å². The third-order valence-corrected chi connectivity index (χ3v) is 4.05. The number of aromatic hydroxyl groups is 1. The molecule has 3 rings (SSSR count). The first-order valence-corrected chi connectivity index (χ1v) is 8.00. The Kier molecular flexibility index (Phi) is 4.81. The van der Waals surface area contributed by atoms with Crippen molar-refractivity contribution in [3.05, 3.63) is 57.1 Å². The number of hydrogen-bond donors (Lipinski definition) is 1. The normalized spacial score (nSPS) is 11.2. The molecule has 0 saturated carbocycles. The van der Waals surface area contributed by atoms with E-state index < -0.39 is 0 Å². The predicted octanol–water partition coefficient (Wildman–Crippen LogP) is 2.96. The lowest BCUT2D eigenvalue weighted by molar-refractivity contribution is 0.355. The van der Waals surface area contributed by atoms with Gasteiger partial charge in [-0.15, -0.1) is 0 Å². The summed E-state index contributed by atoms with van der Waals surface area (Å²) < 4.78 is 11.6. The van der Waals surface area contributed by atoms with Crippen LogP contribution in [0.1, 0.15) is 11.4 Å². The van der Waals surface area contributed by atoms with Crippen LogP contribution in [-0.2, 0) is 0 Å². The lowest BCUT2D eigenvalue weighted by atomic mass is 10.2. The maximum atomic E-state index is 12.8. The Morgan fingerprint density at radius 1 is 1.19 bits per heavy atom. The molecule has 1 heterocycles. The zero-order valence-electron chi connectivity index (χ0n) is 14.4. The number of fused-ring (bicyclic) bond motifs is 1. The summed E-state index contributed by atoms with van der Waals surface area (Å²) in [4.78, 5) is 17.2. The SMILES string of the molecule is COc1cc2nc(C)n(N=Cc3cc(Cl)ccc3O)c(=O)c2cc1OC. The van der Waals surface area contributed by atoms with Gasteiger partial charge >= 0.3 is 0 Å². The second-order valence-electron chi connectivity index (χ2n) is 5.45. The Morgan fingerprint density at radius 2 is 1.88 bits per heavy atom. The van der Waals surface area contributed by atoms with E-state index in [1.54, 1.807) is 31.2 Å². The summed E-state index contributed by atoms with van der Waals surface area (Å²) in [6.45, 7) is 1.66. The number of benzene rings is 2. The largest absolute Gasteiger partial charge is 0.507 e. The summed E-state index contributed by atoms with van der Waals surface area (Å²) in [5.41, 5.74) is 0.490. The second-order valence-corrected chi connectivity index (χ2v) is 5.88. The molecule has 0 radical (unpaired) electrons. The zero-order valence-corrected chi connectivity index (χ0v) is 15.1. The summed E-state index contributed by atoms with van der Waals surface area (Å²) in [5.74, 6) is 1.29. The third kappa shape index (κ3) is 3.21. The smallest absolute Gasteiger partial charge is 0.282 e. The average Bonchev–Trinajstić information content (AvgIpc) is 2.63. The van der Waals surface area contributed by atoms with E-state index in [1.165, 1.54) is 26.5 Å². The number of aromatic nitrogens is 2. The number of nitrogens with zero attached hydrogens (tertiary/aromatic N) is 3. The summed E-state index contributed by atoms with van der Waals surface area (Å²) >= 11 is 5.92. The van der Waals surface area contributed by atoms with E-state index in [2.05, 4.69) is 10.1 Å². The van der Waals surface area contributed by atoms with E-state index in [-0.39, 0.29) is 11.3 Å². The van der Waals surface area contributed by atoms with Crippen molar-refractivity contribution in [2.24, 2.45) is 5.10 Å². The van der Waals surface area contributed by atoms with Crippen molar-refractivity contribution in [3.63, 3.8) is 0 Å². The molecule has 0 fully saturated rings. The first kappa shape index (κ1) is 17.8. The summed E-state index contributed by atoms with van der Waals surface area (Å²) in [6, 6.07) is 7.76. The van der Waals surface area contributed by atoms with Crippen LogP contribution in [0.25, 0.3) is 10.9 Å². The number of phenols is 1. The van der Waals surface area contributed by atoms with Gasteiger partial charge in [-0.25, -0.2) is 4.98 Å². The number of ether oxygens (including phenoxy) is 2. The minimum Gasteiger partial charge on any atom is -0.507 e. The minimum absolute atomic E-state index is 0.00371. The average molecular weight is 374 g/mol. The van der Waals surface area contributed by atoms with Crippen molar-refractivity contribution in [1.29, 1.82) is 0 Å². The Balaban J connectivity index is 2.16. The van der Waals surface area contributed by atoms with E-state index in [4.69, 9.17) is 21.1 Å². The number of phenolic OH excluding ortho intramolecular Hbond substituents is 1. The van der Waals surface area contributed by atoms with Crippen LogP contribution in [0.3, 0.4) is 0 Å². The van der Waals surface area contributed by atoms with Crippen molar-refractivity contribution in [1.82, 2.24) is 9.66 Å². The van der Waals surface area contributed by atoms with Crippen LogP contribution in [0.5, 0.6) is 17.2 Å². The first-order valence-electron chi connectivity index (χ1n) is 7.63. The van der Waals surface area contributed by atoms with Gasteiger partial charge in [0.1, 0.15) is 11.6 Å². The second kappa shape index (κ2) is 7.05. The van der Waals surface area contributed by atoms with Crippen LogP contribution in [-0.4, -0.2) is 35.2 Å². The molecule has 0 bridgehead atoms. The fourth-order valence-electron chi connectivity index (χ4n) is 2.50. The van der Waals surface area contributed by atoms with Crippen molar-refractivity contribution < 1.29 is 14.6 Å². The molecule has 0 saturated heterocycles. The van der Waals surface area contributed by atoms with Gasteiger partial charge in [0.15, 0.2) is 11.5 Å². The minimum atomic E-state index is -0.369. The number of methoxy groups -OCH3 is 2. The highest BCUT2D eigenvalue weighted by Crippen LogP contribution is 2.30. The van der Waals surface area contributed by atoms with Crippen molar-refractivity contribution >= 4 is 28.7 Å². The molecule has 26 heavy (non-hydrogen) atoms. The Bertz CT molecular complexity index is 1080. The molecule has 0 atom stereocenters. The van der Waals surface area contributed by atoms with Gasteiger partial charge in [-0.1, -0.05) is 11.6 Å². The van der Waals surface area contributed by atoms with Crippen LogP contribution in [0.15, 0.2) is 40.2 Å². The molecular weight excluding hydrogens is 358 g/mol. The van der Waals surface area contributed by atoms with Gasteiger partial charge in [0.2, 0.25) is 0 Å². The van der Waals surface area contributed by atoms with E-state index in [0.717, 1.165) is 4.68 Å². The van der Waals surface area contributed by atoms with Crippen molar-refractivity contribution in [2.45, 2.75) is 6.92 Å². The Labute approximate surface area is 154 Å². The third-order valence-electron chi connectivity index (χ3n) is 3.82. The van der Waals surface area contributed by atoms with Gasteiger partial charge < -0.3 is 14.6 Å². The molecule has 0 aliphatic rings. The maximum Gasteiger partial charge on any atom is 0.282 e. The Hall–Kier alpha value is -3.06. The fraction of sp³-hybridized carbons (Fsp3) is 0.167. The summed E-state index contributed by atoms with van der Waals surface area (Å²) in [7, 11) is 3.00.